The number of nitrogens with zero attached hydrogens (tertiary/aromatic N) is 5. The minimum Gasteiger partial charge on any atom is -0.315 e. The molecule has 1 fully saturated rings. The third kappa shape index (κ3) is 4.57. The van der Waals surface area contributed by atoms with Crippen LogP contribution in [0.4, 0.5) is 29.1 Å². The zero-order valence-electron chi connectivity index (χ0n) is 16.5. The van der Waals surface area contributed by atoms with E-state index < -0.39 is 29.6 Å². The Morgan fingerprint density at radius 1 is 1.42 bits per heavy atom. The number of amides is 1. The molecule has 1 aliphatic rings. The number of rotatable bonds is 4. The van der Waals surface area contributed by atoms with Gasteiger partial charge in [-0.25, -0.2) is 18.9 Å². The van der Waals surface area contributed by atoms with Gasteiger partial charge in [-0.05, 0) is 31.6 Å². The van der Waals surface area contributed by atoms with E-state index in [-0.39, 0.29) is 17.1 Å². The highest BCUT2D eigenvalue weighted by molar-refractivity contribution is 6.08. The number of hydrogen-bond donors (Lipinski definition) is 2. The van der Waals surface area contributed by atoms with Crippen molar-refractivity contribution in [3.05, 3.63) is 35.9 Å². The Labute approximate surface area is 174 Å². The summed E-state index contributed by atoms with van der Waals surface area (Å²) in [6.07, 6.45) is 2.69. The summed E-state index contributed by atoms with van der Waals surface area (Å²) in [6.45, 7) is 0. The Morgan fingerprint density at radius 2 is 2.23 bits per heavy atom. The molecule has 31 heavy (non-hydrogen) atoms. The van der Waals surface area contributed by atoms with Crippen LogP contribution in [0, 0.1) is 5.92 Å². The predicted molar refractivity (Wildman–Crippen MR) is 103 cm³/mol. The quantitative estimate of drug-likeness (QED) is 0.372. The van der Waals surface area contributed by atoms with Gasteiger partial charge in [0.05, 0.1) is 6.20 Å². The molecule has 2 unspecified atom stereocenters. The van der Waals surface area contributed by atoms with Crippen LogP contribution < -0.4 is 10.00 Å². The first-order valence-corrected chi connectivity index (χ1v) is 9.70. The van der Waals surface area contributed by atoms with E-state index in [1.807, 2.05) is 0 Å². The number of carbonyl (C=O) groups excluding carboxylic acids is 1. The van der Waals surface area contributed by atoms with Crippen LogP contribution >= 0.6 is 0 Å². The van der Waals surface area contributed by atoms with Crippen LogP contribution in [0.15, 0.2) is 29.6 Å². The lowest BCUT2D eigenvalue weighted by molar-refractivity contribution is -0.727. The van der Waals surface area contributed by atoms with Crippen LogP contribution in [0.2, 0.25) is 0 Å². The number of H-pyrrole nitrogens is 1. The molecule has 164 valence electrons. The first kappa shape index (κ1) is 20.9. The van der Waals surface area contributed by atoms with Crippen molar-refractivity contribution in [3.63, 3.8) is 0 Å². The third-order valence-corrected chi connectivity index (χ3v) is 5.08. The topological polar surface area (TPSA) is 91.3 Å². The van der Waals surface area contributed by atoms with Crippen LogP contribution in [0.1, 0.15) is 41.7 Å². The highest BCUT2D eigenvalue weighted by Gasteiger charge is 2.39. The van der Waals surface area contributed by atoms with Gasteiger partial charge >= 0.3 is 6.18 Å². The molecular weight excluding hydrogens is 418 g/mol. The number of carbonyl (C=O) groups is 1. The predicted octanol–water partition coefficient (Wildman–Crippen LogP) is 3.38. The van der Waals surface area contributed by atoms with Crippen molar-refractivity contribution in [2.75, 3.05) is 5.32 Å². The maximum Gasteiger partial charge on any atom is 0.438 e. The first-order valence-electron chi connectivity index (χ1n) is 9.70. The summed E-state index contributed by atoms with van der Waals surface area (Å²) < 4.78 is 55.4. The van der Waals surface area contributed by atoms with Crippen molar-refractivity contribution in [3.8, 4) is 0 Å². The van der Waals surface area contributed by atoms with E-state index in [9.17, 15) is 22.4 Å². The average molecular weight is 438 g/mol. The normalized spacial score (nSPS) is 19.9. The first-order chi connectivity index (χ1) is 14.7. The summed E-state index contributed by atoms with van der Waals surface area (Å²) in [4.78, 5) is 21.2. The highest BCUT2D eigenvalue weighted by atomic mass is 19.4. The molecule has 2 N–H and O–H groups in total. The molecule has 1 amide bonds. The number of aromatic nitrogens is 5. The number of nitrogens with one attached hydrogen (secondary N) is 2. The molecule has 0 aromatic carbocycles. The molecule has 3 aromatic rings. The Kier molecular flexibility index (Phi) is 5.46. The zero-order valence-corrected chi connectivity index (χ0v) is 16.5. The Bertz CT molecular complexity index is 1130. The van der Waals surface area contributed by atoms with Crippen molar-refractivity contribution < 1.29 is 27.0 Å². The monoisotopic (exact) mass is 438 g/mol. The zero-order chi connectivity index (χ0) is 22.2. The van der Waals surface area contributed by atoms with Crippen molar-refractivity contribution >= 4 is 29.3 Å². The van der Waals surface area contributed by atoms with Crippen molar-refractivity contribution in [1.29, 1.82) is 0 Å². The molecular formula is C19H20F4N7O+. The lowest BCUT2D eigenvalue weighted by Crippen LogP contribution is -2.29. The summed E-state index contributed by atoms with van der Waals surface area (Å²) >= 11 is 0. The lowest BCUT2D eigenvalue weighted by atomic mass is 9.89. The molecule has 0 bridgehead atoms. The molecule has 12 heteroatoms. The van der Waals surface area contributed by atoms with Gasteiger partial charge in [-0.2, -0.15) is 23.4 Å². The third-order valence-electron chi connectivity index (χ3n) is 5.08. The second kappa shape index (κ2) is 8.08. The van der Waals surface area contributed by atoms with E-state index >= 15 is 0 Å². The largest absolute Gasteiger partial charge is 0.438 e. The summed E-state index contributed by atoms with van der Waals surface area (Å²) in [5.41, 5.74) is -1.34. The lowest BCUT2D eigenvalue weighted by Gasteiger charge is -2.20. The number of aryl methyl sites for hydroxylation is 1. The van der Waals surface area contributed by atoms with E-state index in [2.05, 4.69) is 25.5 Å². The minimum atomic E-state index is -4.66. The van der Waals surface area contributed by atoms with Crippen LogP contribution in [-0.2, 0) is 13.2 Å². The molecule has 3 aromatic heterocycles. The maximum absolute atomic E-state index is 13.5. The van der Waals surface area contributed by atoms with Gasteiger partial charge in [-0.1, -0.05) is 0 Å². The fourth-order valence-electron chi connectivity index (χ4n) is 3.60. The number of hydrogen-bond acceptors (Lipinski definition) is 4. The highest BCUT2D eigenvalue weighted by Crippen LogP contribution is 2.32. The van der Waals surface area contributed by atoms with E-state index in [0.717, 1.165) is 23.7 Å². The van der Waals surface area contributed by atoms with Gasteiger partial charge in [0.2, 0.25) is 11.9 Å². The molecule has 3 heterocycles. The van der Waals surface area contributed by atoms with Gasteiger partial charge in [0.1, 0.15) is 17.4 Å². The number of anilines is 1. The summed E-state index contributed by atoms with van der Waals surface area (Å²) in [6, 6.07) is 1.59. The van der Waals surface area contributed by atoms with Crippen LogP contribution in [0.5, 0.6) is 0 Å². The number of alkyl halides is 4. The fraction of sp³-hybridized carbons (Fsp3) is 0.421. The summed E-state index contributed by atoms with van der Waals surface area (Å²) in [5.74, 6) is -0.474. The van der Waals surface area contributed by atoms with Crippen molar-refractivity contribution in [2.45, 2.75) is 38.0 Å². The molecule has 2 atom stereocenters. The number of aromatic amines is 1. The molecule has 0 saturated heterocycles. The molecule has 1 saturated carbocycles. The van der Waals surface area contributed by atoms with Crippen LogP contribution in [0.25, 0.3) is 5.65 Å². The summed E-state index contributed by atoms with van der Waals surface area (Å²) in [5, 5.41) is 8.40. The van der Waals surface area contributed by atoms with Gasteiger partial charge in [0.25, 0.3) is 5.91 Å². The fourth-order valence-corrected chi connectivity index (χ4v) is 3.60. The number of fused-ring (bicyclic) bond motifs is 1. The second-order valence-corrected chi connectivity index (χ2v) is 7.51. The molecule has 0 aliphatic heterocycles. The number of halogens is 4. The van der Waals surface area contributed by atoms with Gasteiger partial charge in [0.15, 0.2) is 18.5 Å². The van der Waals surface area contributed by atoms with Gasteiger partial charge in [-0.15, -0.1) is 4.68 Å². The Morgan fingerprint density at radius 3 is 2.97 bits per heavy atom. The van der Waals surface area contributed by atoms with Crippen LogP contribution in [-0.4, -0.2) is 38.0 Å². The maximum atomic E-state index is 13.5. The summed E-state index contributed by atoms with van der Waals surface area (Å²) in [7, 11) is 1.38. The number of aliphatic imine (C=N–C) groups is 1. The van der Waals surface area contributed by atoms with E-state index in [1.165, 1.54) is 17.8 Å². The Balaban J connectivity index is 1.57. The molecule has 1 aliphatic carbocycles. The smallest absolute Gasteiger partial charge is 0.315 e. The van der Waals surface area contributed by atoms with E-state index in [4.69, 9.17) is 0 Å². The molecule has 0 spiro atoms. The molecule has 8 nitrogen and oxygen atoms in total. The standard InChI is InChI=1S/C19H19F4N7O/c1-29-10-14(16(28-29)19(21,22)23)26-18(31)13-9-25-30-6-5-15(27-17(13)30)24-8-11-3-2-4-12(20)7-11/h5-6,8-12H,2-4,7H2,1H3,(H,26,31)/p+1. The van der Waals surface area contributed by atoms with E-state index in [1.54, 1.807) is 18.5 Å². The van der Waals surface area contributed by atoms with Gasteiger partial charge < -0.3 is 5.32 Å². The average Bonchev–Trinajstić information content (AvgIpc) is 3.29. The van der Waals surface area contributed by atoms with Gasteiger partial charge in [-0.3, -0.25) is 4.79 Å². The van der Waals surface area contributed by atoms with Crippen molar-refractivity contribution in [2.24, 2.45) is 18.0 Å². The van der Waals surface area contributed by atoms with Crippen molar-refractivity contribution in [1.82, 2.24) is 19.7 Å². The van der Waals surface area contributed by atoms with E-state index in [0.29, 0.717) is 18.7 Å². The van der Waals surface area contributed by atoms with Gasteiger partial charge in [0, 0.05) is 18.5 Å². The van der Waals surface area contributed by atoms with Crippen LogP contribution in [0.3, 0.4) is 0 Å². The SMILES string of the molecule is C[n+]1cc(NC(=O)c2cnn3ccc(N=CC4CCCC(F)C4)nc23)c(C(F)(F)F)[nH]1. The second-order valence-electron chi connectivity index (χ2n) is 7.51. The minimum absolute atomic E-state index is 0.00415. The Hall–Kier alpha value is -3.31. The molecule has 0 radical (unpaired) electrons. The molecule has 4 rings (SSSR count).